The van der Waals surface area contributed by atoms with Crippen LogP contribution in [-0.2, 0) is 40.4 Å². The van der Waals surface area contributed by atoms with Gasteiger partial charge in [-0.25, -0.2) is 9.97 Å². The zero-order valence-electron chi connectivity index (χ0n) is 28.0. The summed E-state index contributed by atoms with van der Waals surface area (Å²) in [6.45, 7) is 0.754. The summed E-state index contributed by atoms with van der Waals surface area (Å²) >= 11 is 0. The highest BCUT2D eigenvalue weighted by Crippen LogP contribution is 2.25. The Morgan fingerprint density at radius 1 is 0.593 bits per heavy atom. The Kier molecular flexibility index (Phi) is 9.77. The highest BCUT2D eigenvalue weighted by molar-refractivity contribution is 7.81. The summed E-state index contributed by atoms with van der Waals surface area (Å²) in [7, 11) is -9.43. The van der Waals surface area contributed by atoms with Crippen LogP contribution in [0.1, 0.15) is 18.5 Å². The molecule has 276 valence electrons. The van der Waals surface area contributed by atoms with Crippen molar-refractivity contribution in [3.05, 3.63) is 130 Å². The van der Waals surface area contributed by atoms with E-state index in [0.29, 0.717) is 70.4 Å². The van der Waals surface area contributed by atoms with Crippen molar-refractivity contribution >= 4 is 42.6 Å². The topological polar surface area (TPSA) is 228 Å². The van der Waals surface area contributed by atoms with Gasteiger partial charge in [0.05, 0.1) is 34.5 Å². The van der Waals surface area contributed by atoms with E-state index in [1.165, 1.54) is 41.0 Å². The van der Waals surface area contributed by atoms with Crippen molar-refractivity contribution in [3.8, 4) is 34.3 Å². The van der Waals surface area contributed by atoms with Crippen LogP contribution < -0.4 is 19.5 Å². The van der Waals surface area contributed by atoms with E-state index in [-0.39, 0.29) is 35.0 Å². The van der Waals surface area contributed by atoms with Gasteiger partial charge >= 0.3 is 20.8 Å². The summed E-state index contributed by atoms with van der Waals surface area (Å²) in [5, 5.41) is 9.33. The van der Waals surface area contributed by atoms with Crippen molar-refractivity contribution in [2.45, 2.75) is 32.5 Å². The molecule has 0 aliphatic heterocycles. The number of fused-ring (bicyclic) bond motifs is 2. The third-order valence-electron chi connectivity index (χ3n) is 8.28. The van der Waals surface area contributed by atoms with Gasteiger partial charge in [-0.15, -0.1) is 5.10 Å². The first-order valence-corrected chi connectivity index (χ1v) is 19.0. The van der Waals surface area contributed by atoms with Crippen molar-refractivity contribution in [1.29, 1.82) is 0 Å². The number of benzene rings is 4. The second kappa shape index (κ2) is 14.6. The average Bonchev–Trinajstić information content (AvgIpc) is 3.58. The van der Waals surface area contributed by atoms with E-state index < -0.39 is 20.8 Å². The molecule has 0 saturated carbocycles. The lowest BCUT2D eigenvalue weighted by Gasteiger charge is -2.14. The van der Waals surface area contributed by atoms with E-state index in [0.717, 1.165) is 0 Å². The molecule has 0 atom stereocenters. The van der Waals surface area contributed by atoms with Gasteiger partial charge in [-0.05, 0) is 85.6 Å². The molecule has 17 nitrogen and oxygen atoms in total. The van der Waals surface area contributed by atoms with Gasteiger partial charge in [-0.3, -0.25) is 32.5 Å². The Labute approximate surface area is 306 Å². The standard InChI is InChI=1S/C35H29N7O10S2/c43-34-28-7-1-3-9-30(28)36-32(23-11-15-26(16-12-23)51-53(45,46)47)41(34)20-6-5-19-40-21-25(38-39-40)22-42-33(37-31-10-4-2-8-29(31)35(42)44)24-13-17-27(18-14-24)52-54(48,49)50/h1-4,7-18,21H,5-6,19-20,22H2,(H,45,46,47)(H,48,49,50). The van der Waals surface area contributed by atoms with E-state index in [9.17, 15) is 26.4 Å². The predicted molar refractivity (Wildman–Crippen MR) is 196 cm³/mol. The van der Waals surface area contributed by atoms with E-state index >= 15 is 0 Å². The highest BCUT2D eigenvalue weighted by Gasteiger charge is 2.17. The van der Waals surface area contributed by atoms with Crippen LogP contribution in [0, 0.1) is 0 Å². The first-order valence-electron chi connectivity index (χ1n) is 16.2. The van der Waals surface area contributed by atoms with Crippen LogP contribution in [0.5, 0.6) is 11.5 Å². The first kappa shape index (κ1) is 36.1. The number of unbranched alkanes of at least 4 members (excludes halogenated alkanes) is 1. The van der Waals surface area contributed by atoms with Gasteiger partial charge in [0.25, 0.3) is 11.1 Å². The van der Waals surface area contributed by atoms with Crippen molar-refractivity contribution < 1.29 is 34.3 Å². The van der Waals surface area contributed by atoms with E-state index in [4.69, 9.17) is 19.1 Å². The number of para-hydroxylation sites is 2. The van der Waals surface area contributed by atoms with Gasteiger partial charge in [0.15, 0.2) is 0 Å². The molecule has 0 amide bonds. The molecule has 0 fully saturated rings. The highest BCUT2D eigenvalue weighted by atomic mass is 32.3. The average molecular weight is 772 g/mol. The molecule has 54 heavy (non-hydrogen) atoms. The zero-order valence-corrected chi connectivity index (χ0v) is 29.6. The largest absolute Gasteiger partial charge is 0.446 e. The van der Waals surface area contributed by atoms with Gasteiger partial charge in [0.2, 0.25) is 0 Å². The van der Waals surface area contributed by atoms with Crippen LogP contribution in [-0.4, -0.2) is 60.0 Å². The summed E-state index contributed by atoms with van der Waals surface area (Å²) < 4.78 is 76.2. The predicted octanol–water partition coefficient (Wildman–Crippen LogP) is 3.92. The molecule has 19 heteroatoms. The summed E-state index contributed by atoms with van der Waals surface area (Å²) in [5.74, 6) is 0.423. The van der Waals surface area contributed by atoms with E-state index in [2.05, 4.69) is 18.7 Å². The Bertz CT molecular complexity index is 2860. The van der Waals surface area contributed by atoms with Crippen LogP contribution >= 0.6 is 0 Å². The van der Waals surface area contributed by atoms with Gasteiger partial charge in [0, 0.05) is 24.2 Å². The lowest BCUT2D eigenvalue weighted by molar-refractivity contribution is 0.384. The number of hydrogen-bond donors (Lipinski definition) is 2. The number of aryl methyl sites for hydroxylation is 1. The lowest BCUT2D eigenvalue weighted by atomic mass is 10.1. The molecular formula is C35H29N7O10S2. The van der Waals surface area contributed by atoms with Crippen LogP contribution in [0.25, 0.3) is 44.6 Å². The maximum Gasteiger partial charge on any atom is 0.446 e. The molecule has 2 N–H and O–H groups in total. The minimum Gasteiger partial charge on any atom is -0.362 e. The second-order valence-corrected chi connectivity index (χ2v) is 14.0. The van der Waals surface area contributed by atoms with E-state index in [1.54, 1.807) is 76.1 Å². The Balaban J connectivity index is 1.09. The Morgan fingerprint density at radius 2 is 1.06 bits per heavy atom. The molecule has 0 spiro atoms. The number of aromatic nitrogens is 7. The molecular weight excluding hydrogens is 743 g/mol. The van der Waals surface area contributed by atoms with Gasteiger partial charge in [-0.1, -0.05) is 29.5 Å². The minimum atomic E-state index is -4.72. The molecule has 7 aromatic rings. The first-order chi connectivity index (χ1) is 25.8. The molecule has 0 aliphatic carbocycles. The molecule has 0 aliphatic rings. The molecule has 0 radical (unpaired) electrons. The fourth-order valence-electron chi connectivity index (χ4n) is 5.92. The lowest BCUT2D eigenvalue weighted by Crippen LogP contribution is -2.24. The zero-order chi connectivity index (χ0) is 38.0. The maximum atomic E-state index is 13.7. The molecule has 4 aromatic carbocycles. The molecule has 0 unspecified atom stereocenters. The van der Waals surface area contributed by atoms with Crippen molar-refractivity contribution in [3.63, 3.8) is 0 Å². The fraction of sp³-hybridized carbons (Fsp3) is 0.143. The van der Waals surface area contributed by atoms with Gasteiger partial charge in [0.1, 0.15) is 28.8 Å². The quantitative estimate of drug-likeness (QED) is 0.125. The summed E-state index contributed by atoms with van der Waals surface area (Å²) in [4.78, 5) is 36.7. The number of rotatable bonds is 13. The van der Waals surface area contributed by atoms with Crippen molar-refractivity contribution in [2.24, 2.45) is 0 Å². The third-order valence-corrected chi connectivity index (χ3v) is 9.08. The van der Waals surface area contributed by atoms with Gasteiger partial charge < -0.3 is 8.37 Å². The summed E-state index contributed by atoms with van der Waals surface area (Å²) in [6.07, 6.45) is 2.84. The summed E-state index contributed by atoms with van der Waals surface area (Å²) in [6, 6.07) is 25.3. The molecule has 3 heterocycles. The molecule has 3 aromatic heterocycles. The fourth-order valence-corrected chi connectivity index (χ4v) is 6.63. The van der Waals surface area contributed by atoms with Gasteiger partial charge in [-0.2, -0.15) is 16.8 Å². The summed E-state index contributed by atoms with van der Waals surface area (Å²) in [5.41, 5.74) is 1.86. The van der Waals surface area contributed by atoms with E-state index in [1.807, 2.05) is 0 Å². The van der Waals surface area contributed by atoms with Crippen LogP contribution in [0.4, 0.5) is 0 Å². The van der Waals surface area contributed by atoms with Crippen molar-refractivity contribution in [1.82, 2.24) is 34.1 Å². The number of nitrogens with zero attached hydrogens (tertiary/aromatic N) is 7. The van der Waals surface area contributed by atoms with Crippen LogP contribution in [0.3, 0.4) is 0 Å². The smallest absolute Gasteiger partial charge is 0.362 e. The molecule has 0 bridgehead atoms. The van der Waals surface area contributed by atoms with Crippen LogP contribution in [0.15, 0.2) is 113 Å². The van der Waals surface area contributed by atoms with Crippen LogP contribution in [0.2, 0.25) is 0 Å². The SMILES string of the molecule is O=c1c2ccccc2nc(-c2ccc(OS(=O)(=O)O)cc2)n1CCCCn1cc(Cn2c(-c3ccc(OS(=O)(=O)O)cc3)nc3ccccc3c2=O)nn1. The molecule has 0 saturated heterocycles. The number of hydrogen-bond acceptors (Lipinski definition) is 12. The monoisotopic (exact) mass is 771 g/mol. The Hall–Kier alpha value is -6.28. The Morgan fingerprint density at radius 3 is 1.57 bits per heavy atom. The second-order valence-electron chi connectivity index (χ2n) is 12.0. The minimum absolute atomic E-state index is 0.0187. The van der Waals surface area contributed by atoms with Crippen molar-refractivity contribution in [2.75, 3.05) is 0 Å². The normalized spacial score (nSPS) is 12.0. The third kappa shape index (κ3) is 8.18. The molecule has 7 rings (SSSR count). The maximum absolute atomic E-state index is 13.7.